The third-order valence-electron chi connectivity index (χ3n) is 6.18. The summed E-state index contributed by atoms with van der Waals surface area (Å²) in [6.45, 7) is 3.24. The number of rotatable bonds is 9. The molecule has 0 aliphatic heterocycles. The number of nitrogens with zero attached hydrogens (tertiary/aromatic N) is 2. The largest absolute Gasteiger partial charge is 0.352 e. The van der Waals surface area contributed by atoms with Crippen molar-refractivity contribution < 1.29 is 18.0 Å². The first-order chi connectivity index (χ1) is 16.5. The van der Waals surface area contributed by atoms with Gasteiger partial charge in [0.25, 0.3) is 0 Å². The first-order valence-electron chi connectivity index (χ1n) is 11.5. The predicted molar refractivity (Wildman–Crippen MR) is 140 cm³/mol. The molecule has 0 spiro atoms. The number of halogens is 2. The van der Waals surface area contributed by atoms with Crippen LogP contribution in [0.3, 0.4) is 0 Å². The Hall–Kier alpha value is -2.29. The molecule has 2 amide bonds. The van der Waals surface area contributed by atoms with Crippen molar-refractivity contribution in [1.29, 1.82) is 0 Å². The minimum Gasteiger partial charge on any atom is -0.352 e. The second-order valence-corrected chi connectivity index (χ2v) is 11.7. The molecule has 1 aliphatic carbocycles. The molecule has 1 aliphatic rings. The van der Waals surface area contributed by atoms with Crippen molar-refractivity contribution in [3.05, 3.63) is 63.6 Å². The summed E-state index contributed by atoms with van der Waals surface area (Å²) in [7, 11) is -3.89. The van der Waals surface area contributed by atoms with Crippen molar-refractivity contribution in [2.75, 3.05) is 17.1 Å². The van der Waals surface area contributed by atoms with Gasteiger partial charge in [0.2, 0.25) is 21.8 Å². The van der Waals surface area contributed by atoms with Gasteiger partial charge < -0.3 is 10.2 Å². The molecule has 0 aromatic heterocycles. The number of carbonyl (C=O) groups excluding carboxylic acids is 2. The van der Waals surface area contributed by atoms with E-state index >= 15 is 0 Å². The zero-order chi connectivity index (χ0) is 25.8. The van der Waals surface area contributed by atoms with E-state index in [-0.39, 0.29) is 34.2 Å². The van der Waals surface area contributed by atoms with Gasteiger partial charge in [-0.05, 0) is 44.4 Å². The molecule has 2 aromatic carbocycles. The Balaban J connectivity index is 1.91. The SMILES string of the molecule is Cc1cccc(CN(C(=O)CN(c2cccc(Cl)c2Cl)S(C)(=O)=O)C(C)C(=O)NC2CCCC2)c1. The van der Waals surface area contributed by atoms with E-state index in [9.17, 15) is 18.0 Å². The topological polar surface area (TPSA) is 86.8 Å². The summed E-state index contributed by atoms with van der Waals surface area (Å²) in [5, 5.41) is 3.24. The molecule has 35 heavy (non-hydrogen) atoms. The Morgan fingerprint density at radius 2 is 1.77 bits per heavy atom. The lowest BCUT2D eigenvalue weighted by atomic mass is 10.1. The molecule has 1 unspecified atom stereocenters. The van der Waals surface area contributed by atoms with Crippen LogP contribution in [0.15, 0.2) is 42.5 Å². The van der Waals surface area contributed by atoms with Crippen LogP contribution in [0.5, 0.6) is 0 Å². The number of sulfonamides is 1. The smallest absolute Gasteiger partial charge is 0.244 e. The number of amides is 2. The number of benzene rings is 2. The highest BCUT2D eigenvalue weighted by Gasteiger charge is 2.32. The van der Waals surface area contributed by atoms with Gasteiger partial charge in [0.15, 0.2) is 0 Å². The molecule has 0 radical (unpaired) electrons. The van der Waals surface area contributed by atoms with Gasteiger partial charge in [-0.1, -0.05) is 71.9 Å². The average molecular weight is 541 g/mol. The van der Waals surface area contributed by atoms with Crippen LogP contribution in [0.1, 0.15) is 43.7 Å². The van der Waals surface area contributed by atoms with E-state index in [1.54, 1.807) is 13.0 Å². The number of anilines is 1. The van der Waals surface area contributed by atoms with Gasteiger partial charge in [0.1, 0.15) is 12.6 Å². The van der Waals surface area contributed by atoms with E-state index in [1.165, 1.54) is 17.0 Å². The van der Waals surface area contributed by atoms with Crippen LogP contribution in [0.4, 0.5) is 5.69 Å². The lowest BCUT2D eigenvalue weighted by Gasteiger charge is -2.32. The van der Waals surface area contributed by atoms with E-state index in [4.69, 9.17) is 23.2 Å². The minimum absolute atomic E-state index is 0.0321. The summed E-state index contributed by atoms with van der Waals surface area (Å²) in [6.07, 6.45) is 4.96. The van der Waals surface area contributed by atoms with E-state index in [0.29, 0.717) is 0 Å². The normalized spacial score (nSPS) is 15.0. The molecule has 2 aromatic rings. The molecule has 1 atom stereocenters. The molecule has 0 saturated heterocycles. The van der Waals surface area contributed by atoms with Gasteiger partial charge >= 0.3 is 0 Å². The van der Waals surface area contributed by atoms with Crippen LogP contribution in [0.2, 0.25) is 10.0 Å². The van der Waals surface area contributed by atoms with Crippen molar-refractivity contribution in [2.24, 2.45) is 0 Å². The van der Waals surface area contributed by atoms with E-state index in [0.717, 1.165) is 47.4 Å². The summed E-state index contributed by atoms with van der Waals surface area (Å²) in [5.41, 5.74) is 1.96. The maximum atomic E-state index is 13.6. The van der Waals surface area contributed by atoms with Gasteiger partial charge in [-0.3, -0.25) is 13.9 Å². The number of carbonyl (C=O) groups is 2. The number of hydrogen-bond donors (Lipinski definition) is 1. The average Bonchev–Trinajstić information content (AvgIpc) is 3.29. The number of aryl methyl sites for hydroxylation is 1. The zero-order valence-electron chi connectivity index (χ0n) is 20.1. The molecule has 1 saturated carbocycles. The summed E-state index contributed by atoms with van der Waals surface area (Å²) in [6, 6.07) is 11.5. The third kappa shape index (κ3) is 7.12. The number of hydrogen-bond acceptors (Lipinski definition) is 4. The zero-order valence-corrected chi connectivity index (χ0v) is 22.5. The van der Waals surface area contributed by atoms with Gasteiger partial charge in [0.05, 0.1) is 22.0 Å². The fourth-order valence-corrected chi connectivity index (χ4v) is 5.56. The Bertz CT molecular complexity index is 1180. The molecule has 7 nitrogen and oxygen atoms in total. The first-order valence-corrected chi connectivity index (χ1v) is 14.1. The summed E-state index contributed by atoms with van der Waals surface area (Å²) < 4.78 is 26.3. The molecular formula is C25H31Cl2N3O4S. The van der Waals surface area contributed by atoms with Crippen LogP contribution < -0.4 is 9.62 Å². The molecule has 1 fully saturated rings. The maximum Gasteiger partial charge on any atom is 0.244 e. The fraction of sp³-hybridized carbons (Fsp3) is 0.440. The second kappa shape index (κ2) is 11.6. The van der Waals surface area contributed by atoms with Crippen molar-refractivity contribution in [3.8, 4) is 0 Å². The first kappa shape index (κ1) is 27.3. The Morgan fingerprint density at radius 1 is 1.11 bits per heavy atom. The predicted octanol–water partition coefficient (Wildman–Crippen LogP) is 4.54. The third-order valence-corrected chi connectivity index (χ3v) is 8.12. The van der Waals surface area contributed by atoms with Crippen LogP contribution in [0.25, 0.3) is 0 Å². The Labute approximate surface area is 217 Å². The standard InChI is InChI=1S/C25H31Cl2N3O4S/c1-17-8-6-9-19(14-17)15-29(18(2)25(32)28-20-10-4-5-11-20)23(31)16-30(35(3,33)34)22-13-7-12-21(26)24(22)27/h6-9,12-14,18,20H,4-5,10-11,15-16H2,1-3H3,(H,28,32). The van der Waals surface area contributed by atoms with Crippen molar-refractivity contribution in [3.63, 3.8) is 0 Å². The van der Waals surface area contributed by atoms with Crippen LogP contribution in [0, 0.1) is 6.92 Å². The highest BCUT2D eigenvalue weighted by molar-refractivity contribution is 7.92. The van der Waals surface area contributed by atoms with E-state index in [1.807, 2.05) is 31.2 Å². The molecule has 1 N–H and O–H groups in total. The Kier molecular flexibility index (Phi) is 9.07. The monoisotopic (exact) mass is 539 g/mol. The summed E-state index contributed by atoms with van der Waals surface area (Å²) >= 11 is 12.4. The summed E-state index contributed by atoms with van der Waals surface area (Å²) in [5.74, 6) is -0.786. The molecular weight excluding hydrogens is 509 g/mol. The van der Waals surface area contributed by atoms with Gasteiger partial charge in [-0.15, -0.1) is 0 Å². The minimum atomic E-state index is -3.89. The highest BCUT2D eigenvalue weighted by Crippen LogP contribution is 2.33. The molecule has 3 rings (SSSR count). The van der Waals surface area contributed by atoms with Crippen LogP contribution >= 0.6 is 23.2 Å². The molecule has 10 heteroatoms. The van der Waals surface area contributed by atoms with E-state index in [2.05, 4.69) is 5.32 Å². The van der Waals surface area contributed by atoms with Crippen molar-refractivity contribution in [2.45, 2.75) is 58.2 Å². The van der Waals surface area contributed by atoms with Crippen LogP contribution in [-0.4, -0.2) is 50.0 Å². The fourth-order valence-electron chi connectivity index (χ4n) is 4.26. The van der Waals surface area contributed by atoms with Crippen LogP contribution in [-0.2, 0) is 26.2 Å². The molecule has 0 bridgehead atoms. The summed E-state index contributed by atoms with van der Waals surface area (Å²) in [4.78, 5) is 28.1. The molecule has 190 valence electrons. The van der Waals surface area contributed by atoms with E-state index < -0.39 is 28.5 Å². The lowest BCUT2D eigenvalue weighted by Crippen LogP contribution is -2.52. The quantitative estimate of drug-likeness (QED) is 0.506. The maximum absolute atomic E-state index is 13.6. The van der Waals surface area contributed by atoms with Crippen molar-refractivity contribution >= 4 is 50.7 Å². The van der Waals surface area contributed by atoms with Gasteiger partial charge in [-0.25, -0.2) is 8.42 Å². The van der Waals surface area contributed by atoms with Gasteiger partial charge in [0, 0.05) is 12.6 Å². The Morgan fingerprint density at radius 3 is 2.40 bits per heavy atom. The highest BCUT2D eigenvalue weighted by atomic mass is 35.5. The van der Waals surface area contributed by atoms with Crippen molar-refractivity contribution in [1.82, 2.24) is 10.2 Å². The second-order valence-electron chi connectivity index (χ2n) is 9.02. The molecule has 0 heterocycles. The van der Waals surface area contributed by atoms with Gasteiger partial charge in [-0.2, -0.15) is 0 Å². The lowest BCUT2D eigenvalue weighted by molar-refractivity contribution is -0.139. The number of nitrogens with one attached hydrogen (secondary N) is 1.